The van der Waals surface area contributed by atoms with E-state index < -0.39 is 6.61 Å². The maximum absolute atomic E-state index is 13.2. The Labute approximate surface area is 196 Å². The highest BCUT2D eigenvalue weighted by Gasteiger charge is 2.15. The predicted molar refractivity (Wildman–Crippen MR) is 124 cm³/mol. The summed E-state index contributed by atoms with van der Waals surface area (Å²) in [4.78, 5) is 30.3. The van der Waals surface area contributed by atoms with Gasteiger partial charge in [-0.3, -0.25) is 14.2 Å². The molecule has 10 heteroatoms. The number of rotatable bonds is 7. The number of amides is 1. The minimum absolute atomic E-state index is 0.0475. The lowest BCUT2D eigenvalue weighted by atomic mass is 10.2. The van der Waals surface area contributed by atoms with Gasteiger partial charge in [-0.05, 0) is 54.6 Å². The first-order valence-corrected chi connectivity index (χ1v) is 10.9. The van der Waals surface area contributed by atoms with Crippen molar-refractivity contribution in [3.05, 3.63) is 88.7 Å². The van der Waals surface area contributed by atoms with Crippen molar-refractivity contribution >= 4 is 34.3 Å². The molecule has 0 aliphatic carbocycles. The molecule has 0 aliphatic rings. The fourth-order valence-electron chi connectivity index (χ4n) is 3.21. The third-order valence-corrected chi connectivity index (χ3v) is 5.61. The lowest BCUT2D eigenvalue weighted by Crippen LogP contribution is -2.23. The van der Waals surface area contributed by atoms with Crippen molar-refractivity contribution < 1.29 is 18.3 Å². The molecule has 1 N–H and O–H groups in total. The Kier molecular flexibility index (Phi) is 6.85. The fraction of sp³-hybridized carbons (Fsp3) is 0.0833. The van der Waals surface area contributed by atoms with E-state index in [-0.39, 0.29) is 28.1 Å². The van der Waals surface area contributed by atoms with E-state index in [1.54, 1.807) is 48.5 Å². The van der Waals surface area contributed by atoms with Crippen LogP contribution in [-0.4, -0.2) is 27.8 Å². The molecule has 1 aromatic heterocycles. The molecule has 170 valence electrons. The lowest BCUT2D eigenvalue weighted by molar-refractivity contribution is -0.113. The van der Waals surface area contributed by atoms with Gasteiger partial charge < -0.3 is 10.1 Å². The molecule has 0 unspecified atom stereocenters. The Morgan fingerprint density at radius 1 is 1.12 bits per heavy atom. The van der Waals surface area contributed by atoms with Gasteiger partial charge >= 0.3 is 6.61 Å². The van der Waals surface area contributed by atoms with Crippen molar-refractivity contribution in [1.29, 1.82) is 5.26 Å². The molecule has 0 saturated carbocycles. The minimum Gasteiger partial charge on any atom is -0.435 e. The molecule has 1 amide bonds. The first-order chi connectivity index (χ1) is 16.4. The van der Waals surface area contributed by atoms with Gasteiger partial charge in [0.05, 0.1) is 34.0 Å². The molecular formula is C24H16F2N4O3S. The quantitative estimate of drug-likeness (QED) is 0.308. The zero-order valence-electron chi connectivity index (χ0n) is 17.4. The van der Waals surface area contributed by atoms with E-state index in [1.807, 2.05) is 6.07 Å². The van der Waals surface area contributed by atoms with E-state index in [9.17, 15) is 18.4 Å². The Hall–Kier alpha value is -4.23. The molecule has 0 atom stereocenters. The van der Waals surface area contributed by atoms with Crippen molar-refractivity contribution in [2.24, 2.45) is 0 Å². The summed E-state index contributed by atoms with van der Waals surface area (Å²) in [5, 5.41) is 12.3. The Morgan fingerprint density at radius 3 is 2.62 bits per heavy atom. The van der Waals surface area contributed by atoms with Crippen LogP contribution in [0.2, 0.25) is 0 Å². The van der Waals surface area contributed by atoms with Gasteiger partial charge in [0.1, 0.15) is 5.75 Å². The van der Waals surface area contributed by atoms with Gasteiger partial charge in [-0.15, -0.1) is 0 Å². The van der Waals surface area contributed by atoms with Crippen LogP contribution in [0.1, 0.15) is 5.56 Å². The molecule has 4 aromatic rings. The summed E-state index contributed by atoms with van der Waals surface area (Å²) >= 11 is 1.05. The number of carbonyl (C=O) groups is 1. The van der Waals surface area contributed by atoms with Gasteiger partial charge in [0.2, 0.25) is 5.91 Å². The van der Waals surface area contributed by atoms with E-state index in [2.05, 4.69) is 15.0 Å². The number of hydrogen-bond acceptors (Lipinski definition) is 6. The monoisotopic (exact) mass is 478 g/mol. The largest absolute Gasteiger partial charge is 0.435 e. The van der Waals surface area contributed by atoms with Crippen LogP contribution in [0.3, 0.4) is 0 Å². The van der Waals surface area contributed by atoms with Gasteiger partial charge in [0.15, 0.2) is 5.16 Å². The fourth-order valence-corrected chi connectivity index (χ4v) is 4.02. The number of halogens is 2. The number of hydrogen-bond donors (Lipinski definition) is 1. The molecule has 0 bridgehead atoms. The van der Waals surface area contributed by atoms with Crippen molar-refractivity contribution in [1.82, 2.24) is 9.55 Å². The van der Waals surface area contributed by atoms with Gasteiger partial charge in [0.25, 0.3) is 5.56 Å². The molecule has 7 nitrogen and oxygen atoms in total. The number of carbonyl (C=O) groups excluding carboxylic acids is 1. The van der Waals surface area contributed by atoms with Crippen LogP contribution in [0.25, 0.3) is 16.6 Å². The zero-order chi connectivity index (χ0) is 24.1. The highest BCUT2D eigenvalue weighted by Crippen LogP contribution is 2.24. The molecule has 4 rings (SSSR count). The molecule has 0 saturated heterocycles. The Balaban J connectivity index is 1.64. The van der Waals surface area contributed by atoms with Crippen LogP contribution in [0.15, 0.2) is 82.7 Å². The zero-order valence-corrected chi connectivity index (χ0v) is 18.3. The van der Waals surface area contributed by atoms with Crippen molar-refractivity contribution in [2.45, 2.75) is 11.8 Å². The molecular weight excluding hydrogens is 462 g/mol. The predicted octanol–water partition coefficient (Wildman–Crippen LogP) is 4.59. The van der Waals surface area contributed by atoms with Crippen molar-refractivity contribution in [2.75, 3.05) is 11.1 Å². The van der Waals surface area contributed by atoms with E-state index in [4.69, 9.17) is 5.26 Å². The lowest BCUT2D eigenvalue weighted by Gasteiger charge is -2.14. The number of fused-ring (bicyclic) bond motifs is 1. The number of alkyl halides is 2. The van der Waals surface area contributed by atoms with Crippen molar-refractivity contribution in [3.63, 3.8) is 0 Å². The summed E-state index contributed by atoms with van der Waals surface area (Å²) in [6, 6.07) is 20.9. The maximum atomic E-state index is 13.2. The average Bonchev–Trinajstić information content (AvgIpc) is 2.83. The molecule has 0 fully saturated rings. The van der Waals surface area contributed by atoms with Gasteiger partial charge in [-0.2, -0.15) is 14.0 Å². The first-order valence-electron chi connectivity index (χ1n) is 9.94. The second-order valence-electron chi connectivity index (χ2n) is 6.95. The summed E-state index contributed by atoms with van der Waals surface area (Å²) in [6.07, 6.45) is 0. The molecule has 34 heavy (non-hydrogen) atoms. The molecule has 0 radical (unpaired) electrons. The number of thioether (sulfide) groups is 1. The summed E-state index contributed by atoms with van der Waals surface area (Å²) in [5.74, 6) is -0.461. The van der Waals surface area contributed by atoms with Gasteiger partial charge in [-0.1, -0.05) is 30.0 Å². The molecule has 0 spiro atoms. The van der Waals surface area contributed by atoms with E-state index in [0.717, 1.165) is 11.8 Å². The number of benzene rings is 3. The number of nitrogens with zero attached hydrogens (tertiary/aromatic N) is 3. The van der Waals surface area contributed by atoms with Crippen LogP contribution in [0.5, 0.6) is 5.75 Å². The van der Waals surface area contributed by atoms with Crippen LogP contribution in [0, 0.1) is 11.3 Å². The maximum Gasteiger partial charge on any atom is 0.387 e. The molecule has 1 heterocycles. The standard InChI is InChI=1S/C24H16F2N4O3S/c25-23(26)33-18-10-8-17(9-11-18)30-22(32)19-6-1-2-7-20(19)29-24(30)34-14-21(31)28-16-5-3-4-15(12-16)13-27/h1-12,23H,14H2,(H,28,31). The average molecular weight is 478 g/mol. The third kappa shape index (κ3) is 5.22. The van der Waals surface area contributed by atoms with E-state index >= 15 is 0 Å². The second kappa shape index (κ2) is 10.1. The number of nitrogens with one attached hydrogen (secondary N) is 1. The van der Waals surface area contributed by atoms with Crippen LogP contribution in [0.4, 0.5) is 14.5 Å². The van der Waals surface area contributed by atoms with Crippen molar-refractivity contribution in [3.8, 4) is 17.5 Å². The number of para-hydroxylation sites is 1. The summed E-state index contributed by atoms with van der Waals surface area (Å²) in [6.45, 7) is -2.96. The molecule has 3 aromatic carbocycles. The number of anilines is 1. The highest BCUT2D eigenvalue weighted by molar-refractivity contribution is 7.99. The smallest absolute Gasteiger partial charge is 0.387 e. The second-order valence-corrected chi connectivity index (χ2v) is 7.90. The van der Waals surface area contributed by atoms with Crippen LogP contribution >= 0.6 is 11.8 Å². The number of nitriles is 1. The van der Waals surface area contributed by atoms with Crippen LogP contribution in [-0.2, 0) is 4.79 Å². The topological polar surface area (TPSA) is 97.0 Å². The normalized spacial score (nSPS) is 10.8. The summed E-state index contributed by atoms with van der Waals surface area (Å²) in [7, 11) is 0. The Morgan fingerprint density at radius 2 is 1.88 bits per heavy atom. The number of aromatic nitrogens is 2. The summed E-state index contributed by atoms with van der Waals surface area (Å²) < 4.78 is 30.6. The van der Waals surface area contributed by atoms with Gasteiger partial charge in [0, 0.05) is 5.69 Å². The Bertz CT molecular complexity index is 1450. The first kappa shape index (κ1) is 22.9. The van der Waals surface area contributed by atoms with Crippen LogP contribution < -0.4 is 15.6 Å². The molecule has 0 aliphatic heterocycles. The van der Waals surface area contributed by atoms with Gasteiger partial charge in [-0.25, -0.2) is 4.98 Å². The number of ether oxygens (including phenoxy) is 1. The third-order valence-electron chi connectivity index (χ3n) is 4.67. The minimum atomic E-state index is -2.96. The van der Waals surface area contributed by atoms with E-state index in [1.165, 1.54) is 28.8 Å². The highest BCUT2D eigenvalue weighted by atomic mass is 32.2. The summed E-state index contributed by atoms with van der Waals surface area (Å²) in [5.41, 5.74) is 1.37. The van der Waals surface area contributed by atoms with E-state index in [0.29, 0.717) is 27.8 Å². The SMILES string of the molecule is N#Cc1cccc(NC(=O)CSc2nc3ccccc3c(=O)n2-c2ccc(OC(F)F)cc2)c1.